The quantitative estimate of drug-likeness (QED) is 0.737. The Kier molecular flexibility index (Phi) is 4.11. The molecule has 1 aromatic carbocycles. The van der Waals surface area contributed by atoms with Crippen LogP contribution in [0.4, 0.5) is 0 Å². The number of imidazole rings is 1. The zero-order valence-electron chi connectivity index (χ0n) is 12.2. The lowest BCUT2D eigenvalue weighted by atomic mass is 10.2. The van der Waals surface area contributed by atoms with E-state index in [9.17, 15) is 4.79 Å². The number of carbonyl (C=O) groups excluding carboxylic acids is 1. The Hall–Kier alpha value is -2.33. The molecule has 0 spiro atoms. The van der Waals surface area contributed by atoms with Gasteiger partial charge < -0.3 is 9.30 Å². The van der Waals surface area contributed by atoms with E-state index in [-0.39, 0.29) is 5.91 Å². The Labute approximate surface area is 134 Å². The smallest absolute Gasteiger partial charge is 0.254 e. The van der Waals surface area contributed by atoms with Gasteiger partial charge >= 0.3 is 0 Å². The van der Waals surface area contributed by atoms with Crippen LogP contribution >= 0.6 is 11.6 Å². The van der Waals surface area contributed by atoms with Crippen LogP contribution < -0.4 is 0 Å². The lowest BCUT2D eigenvalue weighted by molar-refractivity contribution is 0.0750. The molecule has 112 valence electrons. The van der Waals surface area contributed by atoms with Crippen LogP contribution in [0.2, 0.25) is 5.02 Å². The first-order chi connectivity index (χ1) is 10.7. The minimum atomic E-state index is -0.00922. The highest BCUT2D eigenvalue weighted by Gasteiger charge is 2.16. The average molecular weight is 314 g/mol. The number of benzene rings is 1. The predicted octanol–water partition coefficient (Wildman–Crippen LogP) is 3.65. The highest BCUT2D eigenvalue weighted by Crippen LogP contribution is 2.14. The zero-order chi connectivity index (χ0) is 15.5. The van der Waals surface area contributed by atoms with Gasteiger partial charge in [-0.05, 0) is 43.3 Å². The molecule has 0 saturated carbocycles. The van der Waals surface area contributed by atoms with Crippen molar-refractivity contribution in [2.24, 2.45) is 0 Å². The molecule has 22 heavy (non-hydrogen) atoms. The van der Waals surface area contributed by atoms with Gasteiger partial charge in [0.2, 0.25) is 0 Å². The van der Waals surface area contributed by atoms with Gasteiger partial charge in [-0.15, -0.1) is 0 Å². The number of hydrogen-bond donors (Lipinski definition) is 0. The van der Waals surface area contributed by atoms with Crippen LogP contribution in [0.5, 0.6) is 0 Å². The van der Waals surface area contributed by atoms with Crippen molar-refractivity contribution in [2.75, 3.05) is 6.54 Å². The van der Waals surface area contributed by atoms with Gasteiger partial charge in [0.05, 0.1) is 18.4 Å². The maximum absolute atomic E-state index is 12.6. The van der Waals surface area contributed by atoms with Crippen LogP contribution in [0, 0.1) is 0 Å². The Morgan fingerprint density at radius 2 is 2.00 bits per heavy atom. The molecule has 5 heteroatoms. The summed E-state index contributed by atoms with van der Waals surface area (Å²) in [5.74, 6) is -0.00922. The summed E-state index contributed by atoms with van der Waals surface area (Å²) in [6, 6.07) is 12.8. The minimum absolute atomic E-state index is 0.00922. The highest BCUT2D eigenvalue weighted by atomic mass is 35.5. The summed E-state index contributed by atoms with van der Waals surface area (Å²) in [4.78, 5) is 18.8. The van der Waals surface area contributed by atoms with Gasteiger partial charge in [0, 0.05) is 23.3 Å². The third-order valence-electron chi connectivity index (χ3n) is 3.61. The van der Waals surface area contributed by atoms with Gasteiger partial charge in [0.25, 0.3) is 5.91 Å². The number of fused-ring (bicyclic) bond motifs is 1. The fourth-order valence-electron chi connectivity index (χ4n) is 2.40. The first-order valence-corrected chi connectivity index (χ1v) is 7.52. The van der Waals surface area contributed by atoms with E-state index >= 15 is 0 Å². The first kappa shape index (κ1) is 14.6. The van der Waals surface area contributed by atoms with E-state index in [0.717, 1.165) is 11.3 Å². The number of hydrogen-bond acceptors (Lipinski definition) is 2. The molecule has 2 heterocycles. The van der Waals surface area contributed by atoms with Crippen molar-refractivity contribution in [3.05, 3.63) is 71.1 Å². The molecule has 0 aliphatic rings. The number of rotatable bonds is 4. The number of amides is 1. The second kappa shape index (κ2) is 6.20. The van der Waals surface area contributed by atoms with Crippen LogP contribution in [0.25, 0.3) is 5.65 Å². The van der Waals surface area contributed by atoms with Crippen LogP contribution in [0.15, 0.2) is 54.9 Å². The highest BCUT2D eigenvalue weighted by molar-refractivity contribution is 6.30. The SMILES string of the molecule is CCN(Cc1cnc2ccccn12)C(=O)c1ccc(Cl)cc1. The number of nitrogens with zero attached hydrogens (tertiary/aromatic N) is 3. The lowest BCUT2D eigenvalue weighted by Crippen LogP contribution is -2.30. The fourth-order valence-corrected chi connectivity index (χ4v) is 2.53. The fraction of sp³-hybridized carbons (Fsp3) is 0.176. The van der Waals surface area contributed by atoms with Crippen molar-refractivity contribution in [3.63, 3.8) is 0 Å². The van der Waals surface area contributed by atoms with E-state index < -0.39 is 0 Å². The summed E-state index contributed by atoms with van der Waals surface area (Å²) in [5, 5.41) is 0.626. The molecule has 4 nitrogen and oxygen atoms in total. The van der Waals surface area contributed by atoms with Gasteiger partial charge in [-0.25, -0.2) is 4.98 Å². The van der Waals surface area contributed by atoms with Gasteiger partial charge in [-0.3, -0.25) is 4.79 Å². The van der Waals surface area contributed by atoms with E-state index in [1.807, 2.05) is 41.9 Å². The third-order valence-corrected chi connectivity index (χ3v) is 3.86. The standard InChI is InChI=1S/C17H16ClN3O/c1-2-20(17(22)13-6-8-14(18)9-7-13)12-15-11-19-16-5-3-4-10-21(15)16/h3-11H,2,12H2,1H3. The summed E-state index contributed by atoms with van der Waals surface area (Å²) in [6.07, 6.45) is 3.77. The van der Waals surface area contributed by atoms with Gasteiger partial charge in [0.15, 0.2) is 0 Å². The number of carbonyl (C=O) groups is 1. The van der Waals surface area contributed by atoms with E-state index in [1.54, 1.807) is 29.2 Å². The maximum Gasteiger partial charge on any atom is 0.254 e. The van der Waals surface area contributed by atoms with Crippen molar-refractivity contribution in [1.29, 1.82) is 0 Å². The Balaban J connectivity index is 1.85. The van der Waals surface area contributed by atoms with Crippen LogP contribution in [0.3, 0.4) is 0 Å². The van der Waals surface area contributed by atoms with Crippen molar-refractivity contribution < 1.29 is 4.79 Å². The average Bonchev–Trinajstić information content (AvgIpc) is 2.96. The van der Waals surface area contributed by atoms with Crippen LogP contribution in [0.1, 0.15) is 23.0 Å². The van der Waals surface area contributed by atoms with Crippen LogP contribution in [-0.2, 0) is 6.54 Å². The second-order valence-corrected chi connectivity index (χ2v) is 5.44. The Bertz CT molecular complexity index is 795. The Morgan fingerprint density at radius 3 is 2.73 bits per heavy atom. The monoisotopic (exact) mass is 313 g/mol. The number of pyridine rings is 1. The molecule has 3 aromatic rings. The van der Waals surface area contributed by atoms with Crippen molar-refractivity contribution in [1.82, 2.24) is 14.3 Å². The van der Waals surface area contributed by atoms with Crippen molar-refractivity contribution >= 4 is 23.2 Å². The molecule has 0 bridgehead atoms. The third kappa shape index (κ3) is 2.83. The summed E-state index contributed by atoms with van der Waals surface area (Å²) < 4.78 is 2.00. The van der Waals surface area contributed by atoms with Gasteiger partial charge in [-0.2, -0.15) is 0 Å². The predicted molar refractivity (Wildman–Crippen MR) is 87.1 cm³/mol. The first-order valence-electron chi connectivity index (χ1n) is 7.15. The molecular weight excluding hydrogens is 298 g/mol. The molecule has 0 fully saturated rings. The second-order valence-electron chi connectivity index (χ2n) is 5.00. The minimum Gasteiger partial charge on any atom is -0.333 e. The largest absolute Gasteiger partial charge is 0.333 e. The molecule has 0 saturated heterocycles. The van der Waals surface area contributed by atoms with Gasteiger partial charge in [-0.1, -0.05) is 17.7 Å². The summed E-state index contributed by atoms with van der Waals surface area (Å²) in [5.41, 5.74) is 2.51. The van der Waals surface area contributed by atoms with Gasteiger partial charge in [0.1, 0.15) is 5.65 Å². The topological polar surface area (TPSA) is 37.6 Å². The normalized spacial score (nSPS) is 10.8. The molecule has 0 aliphatic heterocycles. The summed E-state index contributed by atoms with van der Waals surface area (Å²) in [7, 11) is 0. The molecule has 0 atom stereocenters. The molecule has 0 radical (unpaired) electrons. The lowest BCUT2D eigenvalue weighted by Gasteiger charge is -2.20. The van der Waals surface area contributed by atoms with E-state index in [4.69, 9.17) is 11.6 Å². The summed E-state index contributed by atoms with van der Waals surface area (Å²) in [6.45, 7) is 3.11. The maximum atomic E-state index is 12.6. The molecule has 0 unspecified atom stereocenters. The van der Waals surface area contributed by atoms with Crippen molar-refractivity contribution in [3.8, 4) is 0 Å². The molecular formula is C17H16ClN3O. The van der Waals surface area contributed by atoms with E-state index in [0.29, 0.717) is 23.7 Å². The zero-order valence-corrected chi connectivity index (χ0v) is 13.0. The summed E-state index contributed by atoms with van der Waals surface area (Å²) >= 11 is 5.87. The van der Waals surface area contributed by atoms with E-state index in [2.05, 4.69) is 4.98 Å². The molecule has 0 aliphatic carbocycles. The molecule has 2 aromatic heterocycles. The molecule has 1 amide bonds. The number of aromatic nitrogens is 2. The molecule has 3 rings (SSSR count). The van der Waals surface area contributed by atoms with Crippen LogP contribution in [-0.4, -0.2) is 26.7 Å². The molecule has 0 N–H and O–H groups in total. The van der Waals surface area contributed by atoms with E-state index in [1.165, 1.54) is 0 Å². The Morgan fingerprint density at radius 1 is 1.23 bits per heavy atom. The van der Waals surface area contributed by atoms with Crippen molar-refractivity contribution in [2.45, 2.75) is 13.5 Å². The number of halogens is 1.